The predicted octanol–water partition coefficient (Wildman–Crippen LogP) is 6.76. The fraction of sp³-hybridized carbons (Fsp3) is 0.208. The molecular weight excluding hydrogens is 678 g/mol. The standard InChI is InChI=1S/C24H22I2N4O5/c1-33-18-4-2-15(3-5-18)14-34-19-6-8-20(9-7-19)35-23-21(25)11-16(12-22(23)26)10-17(13-28-30-27)29-24(31)32/h2-9,11-12,17,29H,10,13-14H2,1H3,(H,31,32). The molecule has 0 spiro atoms. The van der Waals surface area contributed by atoms with Crippen LogP contribution in [0, 0.1) is 7.14 Å². The topological polar surface area (TPSA) is 126 Å². The lowest BCUT2D eigenvalue weighted by molar-refractivity contribution is 0.190. The summed E-state index contributed by atoms with van der Waals surface area (Å²) in [5.74, 6) is 2.90. The molecule has 0 fully saturated rings. The zero-order valence-electron chi connectivity index (χ0n) is 18.6. The van der Waals surface area contributed by atoms with Crippen molar-refractivity contribution in [2.75, 3.05) is 13.7 Å². The number of hydrogen-bond donors (Lipinski definition) is 2. The Morgan fingerprint density at radius 2 is 1.63 bits per heavy atom. The van der Waals surface area contributed by atoms with Crippen LogP contribution in [0.2, 0.25) is 0 Å². The Balaban J connectivity index is 1.63. The summed E-state index contributed by atoms with van der Waals surface area (Å²) in [5, 5.41) is 14.9. The zero-order valence-corrected chi connectivity index (χ0v) is 23.0. The van der Waals surface area contributed by atoms with E-state index in [0.717, 1.165) is 29.8 Å². The first-order chi connectivity index (χ1) is 16.9. The number of ether oxygens (including phenoxy) is 3. The fourth-order valence-corrected chi connectivity index (χ4v) is 5.31. The Bertz CT molecular complexity index is 1170. The van der Waals surface area contributed by atoms with Gasteiger partial charge < -0.3 is 24.6 Å². The van der Waals surface area contributed by atoms with Crippen LogP contribution in [-0.2, 0) is 13.0 Å². The molecule has 0 bridgehead atoms. The van der Waals surface area contributed by atoms with Crippen molar-refractivity contribution in [3.63, 3.8) is 0 Å². The lowest BCUT2D eigenvalue weighted by Gasteiger charge is -2.17. The van der Waals surface area contributed by atoms with Crippen molar-refractivity contribution in [3.8, 4) is 23.0 Å². The summed E-state index contributed by atoms with van der Waals surface area (Å²) in [7, 11) is 1.63. The highest BCUT2D eigenvalue weighted by Gasteiger charge is 2.15. The maximum absolute atomic E-state index is 11.0. The highest BCUT2D eigenvalue weighted by Crippen LogP contribution is 2.34. The molecule has 0 aliphatic rings. The second kappa shape index (κ2) is 13.3. The van der Waals surface area contributed by atoms with Crippen LogP contribution in [0.3, 0.4) is 0 Å². The third-order valence-electron chi connectivity index (χ3n) is 4.84. The lowest BCUT2D eigenvalue weighted by atomic mass is 10.1. The Morgan fingerprint density at radius 3 is 2.20 bits per heavy atom. The van der Waals surface area contributed by atoms with Gasteiger partial charge >= 0.3 is 6.09 Å². The number of carbonyl (C=O) groups is 1. The van der Waals surface area contributed by atoms with Crippen LogP contribution in [0.15, 0.2) is 65.8 Å². The Kier molecular flexibility index (Phi) is 10.1. The number of azide groups is 1. The summed E-state index contributed by atoms with van der Waals surface area (Å²) in [6.07, 6.45) is -0.776. The normalized spacial score (nSPS) is 11.2. The summed E-state index contributed by atoms with van der Waals surface area (Å²) in [6.45, 7) is 0.472. The maximum Gasteiger partial charge on any atom is 0.404 e. The molecule has 1 amide bonds. The molecule has 1 atom stereocenters. The average molecular weight is 700 g/mol. The molecule has 3 aromatic carbocycles. The van der Waals surface area contributed by atoms with Crippen molar-refractivity contribution in [2.24, 2.45) is 5.11 Å². The summed E-state index contributed by atoms with van der Waals surface area (Å²) >= 11 is 4.38. The number of carboxylic acid groups (broad SMARTS) is 1. The highest BCUT2D eigenvalue weighted by atomic mass is 127. The number of benzene rings is 3. The van der Waals surface area contributed by atoms with Gasteiger partial charge in [0.05, 0.1) is 14.3 Å². The van der Waals surface area contributed by atoms with E-state index < -0.39 is 12.1 Å². The van der Waals surface area contributed by atoms with E-state index in [1.165, 1.54) is 0 Å². The zero-order chi connectivity index (χ0) is 25.2. The first kappa shape index (κ1) is 26.7. The molecule has 11 heteroatoms. The number of hydrogen-bond acceptors (Lipinski definition) is 5. The highest BCUT2D eigenvalue weighted by molar-refractivity contribution is 14.1. The number of nitrogens with zero attached hydrogens (tertiary/aromatic N) is 3. The van der Waals surface area contributed by atoms with Crippen molar-refractivity contribution >= 4 is 51.3 Å². The Hall–Kier alpha value is -2.90. The third kappa shape index (κ3) is 8.37. The largest absolute Gasteiger partial charge is 0.497 e. The molecule has 3 rings (SSSR count). The predicted molar refractivity (Wildman–Crippen MR) is 148 cm³/mol. The van der Waals surface area contributed by atoms with E-state index in [0.29, 0.717) is 24.5 Å². The number of halogens is 2. The molecule has 0 heterocycles. The minimum atomic E-state index is -1.16. The quantitative estimate of drug-likeness (QED) is 0.0990. The lowest BCUT2D eigenvalue weighted by Crippen LogP contribution is -2.37. The van der Waals surface area contributed by atoms with Gasteiger partial charge in [0.1, 0.15) is 23.9 Å². The second-order valence-electron chi connectivity index (χ2n) is 7.36. The van der Waals surface area contributed by atoms with Crippen LogP contribution < -0.4 is 19.5 Å². The molecule has 1 unspecified atom stereocenters. The van der Waals surface area contributed by atoms with E-state index in [4.69, 9.17) is 24.8 Å². The Morgan fingerprint density at radius 1 is 1.03 bits per heavy atom. The van der Waals surface area contributed by atoms with E-state index in [1.807, 2.05) is 60.7 Å². The Labute approximate surface area is 229 Å². The van der Waals surface area contributed by atoms with Gasteiger partial charge in [0.15, 0.2) is 5.75 Å². The molecule has 0 saturated carbocycles. The van der Waals surface area contributed by atoms with E-state index in [9.17, 15) is 4.79 Å². The third-order valence-corrected chi connectivity index (χ3v) is 6.44. The number of nitrogens with one attached hydrogen (secondary N) is 1. The van der Waals surface area contributed by atoms with Crippen LogP contribution in [0.5, 0.6) is 23.0 Å². The molecular formula is C24H22I2N4O5. The summed E-state index contributed by atoms with van der Waals surface area (Å²) < 4.78 is 18.9. The molecule has 0 aromatic heterocycles. The van der Waals surface area contributed by atoms with E-state index >= 15 is 0 Å². The number of methoxy groups -OCH3 is 1. The fourth-order valence-electron chi connectivity index (χ4n) is 3.19. The van der Waals surface area contributed by atoms with Gasteiger partial charge in [0.2, 0.25) is 0 Å². The second-order valence-corrected chi connectivity index (χ2v) is 9.69. The van der Waals surface area contributed by atoms with Crippen molar-refractivity contribution in [1.29, 1.82) is 0 Å². The molecule has 0 aliphatic heterocycles. The average Bonchev–Trinajstić information content (AvgIpc) is 2.84. The summed E-state index contributed by atoms with van der Waals surface area (Å²) in [5.41, 5.74) is 10.5. The van der Waals surface area contributed by atoms with Crippen LogP contribution in [0.25, 0.3) is 10.4 Å². The summed E-state index contributed by atoms with van der Waals surface area (Å²) in [4.78, 5) is 13.7. The van der Waals surface area contributed by atoms with Crippen LogP contribution in [0.4, 0.5) is 4.79 Å². The van der Waals surface area contributed by atoms with Crippen LogP contribution >= 0.6 is 45.2 Å². The molecule has 35 heavy (non-hydrogen) atoms. The van der Waals surface area contributed by atoms with Gasteiger partial charge in [0.25, 0.3) is 0 Å². The van der Waals surface area contributed by atoms with Gasteiger partial charge in [-0.25, -0.2) is 4.79 Å². The van der Waals surface area contributed by atoms with E-state index in [2.05, 4.69) is 60.5 Å². The molecule has 0 saturated heterocycles. The van der Waals surface area contributed by atoms with Crippen LogP contribution in [-0.4, -0.2) is 30.9 Å². The molecule has 182 valence electrons. The SMILES string of the molecule is COc1ccc(COc2ccc(Oc3c(I)cc(CC(CN=[N+]=[N-])NC(=O)O)cc3I)cc2)cc1. The van der Waals surface area contributed by atoms with Crippen molar-refractivity contribution in [3.05, 3.63) is 89.4 Å². The van der Waals surface area contributed by atoms with Gasteiger partial charge in [-0.15, -0.1) is 0 Å². The van der Waals surface area contributed by atoms with Crippen molar-refractivity contribution in [2.45, 2.75) is 19.1 Å². The molecule has 2 N–H and O–H groups in total. The minimum absolute atomic E-state index is 0.0289. The van der Waals surface area contributed by atoms with E-state index in [1.54, 1.807) is 7.11 Å². The van der Waals surface area contributed by atoms with Gasteiger partial charge in [-0.3, -0.25) is 0 Å². The van der Waals surface area contributed by atoms with Gasteiger partial charge in [-0.2, -0.15) is 0 Å². The minimum Gasteiger partial charge on any atom is -0.497 e. The van der Waals surface area contributed by atoms with Gasteiger partial charge in [0, 0.05) is 17.5 Å². The van der Waals surface area contributed by atoms with Crippen LogP contribution in [0.1, 0.15) is 11.1 Å². The van der Waals surface area contributed by atoms with E-state index in [-0.39, 0.29) is 6.54 Å². The smallest absolute Gasteiger partial charge is 0.404 e. The first-order valence-corrected chi connectivity index (χ1v) is 12.6. The van der Waals surface area contributed by atoms with Crippen molar-refractivity contribution < 1.29 is 24.1 Å². The maximum atomic E-state index is 11.0. The number of amides is 1. The summed E-state index contributed by atoms with van der Waals surface area (Å²) in [6, 6.07) is 18.4. The molecule has 0 radical (unpaired) electrons. The first-order valence-electron chi connectivity index (χ1n) is 10.4. The monoisotopic (exact) mass is 700 g/mol. The van der Waals surface area contributed by atoms with Gasteiger partial charge in [-0.1, -0.05) is 17.2 Å². The molecule has 3 aromatic rings. The molecule has 9 nitrogen and oxygen atoms in total. The number of rotatable bonds is 11. The van der Waals surface area contributed by atoms with Gasteiger partial charge in [-0.05, 0) is 117 Å². The molecule has 0 aliphatic carbocycles. The van der Waals surface area contributed by atoms with Crippen molar-refractivity contribution in [1.82, 2.24) is 5.32 Å².